The molecule has 3 rings (SSSR count). The monoisotopic (exact) mass is 367 g/mol. The number of aryl methyl sites for hydroxylation is 1. The van der Waals surface area contributed by atoms with Crippen molar-refractivity contribution in [1.29, 1.82) is 0 Å². The van der Waals surface area contributed by atoms with Gasteiger partial charge in [0.25, 0.3) is 10.0 Å². The van der Waals surface area contributed by atoms with E-state index in [0.717, 1.165) is 16.9 Å². The zero-order chi connectivity index (χ0) is 16.4. The van der Waals surface area contributed by atoms with E-state index < -0.39 is 16.1 Å². The van der Waals surface area contributed by atoms with Crippen molar-refractivity contribution in [2.45, 2.75) is 10.3 Å². The van der Waals surface area contributed by atoms with Gasteiger partial charge in [-0.15, -0.1) is 11.3 Å². The van der Waals surface area contributed by atoms with Crippen molar-refractivity contribution in [3.8, 4) is 0 Å². The molecule has 0 fully saturated rings. The number of halogens is 1. The van der Waals surface area contributed by atoms with Crippen LogP contribution in [0.5, 0.6) is 0 Å². The van der Waals surface area contributed by atoms with Crippen LogP contribution in [0.4, 0.5) is 0 Å². The van der Waals surface area contributed by atoms with E-state index in [-0.39, 0.29) is 4.21 Å². The minimum absolute atomic E-state index is 0.178. The molecule has 5 nitrogen and oxygen atoms in total. The van der Waals surface area contributed by atoms with Gasteiger partial charge in [-0.25, -0.2) is 13.4 Å². The number of hydrogen-bond acceptors (Lipinski definition) is 4. The van der Waals surface area contributed by atoms with E-state index >= 15 is 0 Å². The topological polar surface area (TPSA) is 64.0 Å². The van der Waals surface area contributed by atoms with Gasteiger partial charge in [0, 0.05) is 19.4 Å². The van der Waals surface area contributed by atoms with E-state index in [0.29, 0.717) is 10.2 Å². The third kappa shape index (κ3) is 3.48. The molecule has 0 amide bonds. The van der Waals surface area contributed by atoms with Gasteiger partial charge in [-0.05, 0) is 17.7 Å². The molecule has 8 heteroatoms. The first-order valence-electron chi connectivity index (χ1n) is 6.77. The second-order valence-electron chi connectivity index (χ2n) is 4.92. The molecule has 0 saturated heterocycles. The van der Waals surface area contributed by atoms with Crippen molar-refractivity contribution < 1.29 is 8.42 Å². The largest absolute Gasteiger partial charge is 0.336 e. The average Bonchev–Trinajstić information content (AvgIpc) is 3.15. The highest BCUT2D eigenvalue weighted by atomic mass is 35.5. The number of benzene rings is 1. The molecule has 120 valence electrons. The van der Waals surface area contributed by atoms with Crippen LogP contribution in [-0.4, -0.2) is 18.0 Å². The van der Waals surface area contributed by atoms with Gasteiger partial charge in [-0.3, -0.25) is 0 Å². The molecular weight excluding hydrogens is 354 g/mol. The molecule has 1 atom stereocenters. The summed E-state index contributed by atoms with van der Waals surface area (Å²) in [6.07, 6.45) is 3.42. The van der Waals surface area contributed by atoms with E-state index in [4.69, 9.17) is 11.6 Å². The van der Waals surface area contributed by atoms with E-state index in [1.54, 1.807) is 23.0 Å². The lowest BCUT2D eigenvalue weighted by Crippen LogP contribution is -2.30. The smallest absolute Gasteiger partial charge is 0.251 e. The fourth-order valence-corrected chi connectivity index (χ4v) is 4.91. The lowest BCUT2D eigenvalue weighted by atomic mass is 10.1. The Labute approximate surface area is 143 Å². The summed E-state index contributed by atoms with van der Waals surface area (Å²) in [6.45, 7) is 0. The molecule has 0 bridgehead atoms. The first-order valence-corrected chi connectivity index (χ1v) is 9.45. The van der Waals surface area contributed by atoms with Gasteiger partial charge < -0.3 is 4.57 Å². The first-order chi connectivity index (χ1) is 11.0. The lowest BCUT2D eigenvalue weighted by Gasteiger charge is -2.18. The minimum atomic E-state index is -3.70. The normalized spacial score (nSPS) is 13.1. The zero-order valence-corrected chi connectivity index (χ0v) is 14.6. The van der Waals surface area contributed by atoms with Gasteiger partial charge in [0.05, 0.1) is 4.34 Å². The number of nitrogens with zero attached hydrogens (tertiary/aromatic N) is 2. The Kier molecular flexibility index (Phi) is 4.54. The molecule has 2 aromatic heterocycles. The van der Waals surface area contributed by atoms with E-state index in [9.17, 15) is 8.42 Å². The van der Waals surface area contributed by atoms with Gasteiger partial charge in [0.15, 0.2) is 0 Å². The van der Waals surface area contributed by atoms with Crippen LogP contribution in [0, 0.1) is 0 Å². The molecule has 0 aliphatic carbocycles. The van der Waals surface area contributed by atoms with Crippen molar-refractivity contribution in [3.63, 3.8) is 0 Å². The maximum Gasteiger partial charge on any atom is 0.251 e. The van der Waals surface area contributed by atoms with Crippen LogP contribution in [0.2, 0.25) is 4.34 Å². The predicted molar refractivity (Wildman–Crippen MR) is 91.1 cm³/mol. The summed E-state index contributed by atoms with van der Waals surface area (Å²) in [5.41, 5.74) is 0.813. The summed E-state index contributed by atoms with van der Waals surface area (Å²) in [5.74, 6) is 0.613. The Morgan fingerprint density at radius 3 is 2.52 bits per heavy atom. The van der Waals surface area contributed by atoms with Crippen LogP contribution < -0.4 is 4.72 Å². The highest BCUT2D eigenvalue weighted by Crippen LogP contribution is 2.28. The van der Waals surface area contributed by atoms with E-state index in [2.05, 4.69) is 9.71 Å². The molecule has 2 heterocycles. The van der Waals surface area contributed by atoms with E-state index in [1.807, 2.05) is 37.4 Å². The summed E-state index contributed by atoms with van der Waals surface area (Å²) in [7, 11) is -1.87. The second kappa shape index (κ2) is 6.45. The van der Waals surface area contributed by atoms with Crippen molar-refractivity contribution >= 4 is 33.0 Å². The molecule has 0 unspecified atom stereocenters. The van der Waals surface area contributed by atoms with Crippen molar-refractivity contribution in [1.82, 2.24) is 14.3 Å². The van der Waals surface area contributed by atoms with Gasteiger partial charge >= 0.3 is 0 Å². The molecule has 0 aliphatic heterocycles. The summed E-state index contributed by atoms with van der Waals surface area (Å²) in [6, 6.07) is 11.8. The number of thiophene rings is 1. The van der Waals surface area contributed by atoms with E-state index in [1.165, 1.54) is 6.07 Å². The Hall–Kier alpha value is -1.67. The highest BCUT2D eigenvalue weighted by Gasteiger charge is 2.26. The number of nitrogens with one attached hydrogen (secondary N) is 1. The molecule has 0 spiro atoms. The van der Waals surface area contributed by atoms with Crippen molar-refractivity contribution in [3.05, 3.63) is 70.6 Å². The Morgan fingerprint density at radius 2 is 1.96 bits per heavy atom. The van der Waals surface area contributed by atoms with Crippen LogP contribution in [0.25, 0.3) is 0 Å². The number of hydrogen-bond donors (Lipinski definition) is 1. The minimum Gasteiger partial charge on any atom is -0.336 e. The molecule has 1 N–H and O–H groups in total. The SMILES string of the molecule is Cn1ccnc1[C@@H](NS(=O)(=O)c1ccc(Cl)s1)c1ccccc1. The maximum absolute atomic E-state index is 12.6. The quantitative estimate of drug-likeness (QED) is 0.753. The summed E-state index contributed by atoms with van der Waals surface area (Å²) in [5, 5.41) is 0. The van der Waals surface area contributed by atoms with Crippen LogP contribution in [0.3, 0.4) is 0 Å². The van der Waals surface area contributed by atoms with Crippen LogP contribution >= 0.6 is 22.9 Å². The first kappa shape index (κ1) is 16.2. The fourth-order valence-electron chi connectivity index (χ4n) is 2.23. The van der Waals surface area contributed by atoms with Crippen LogP contribution in [0.15, 0.2) is 59.1 Å². The van der Waals surface area contributed by atoms with Gasteiger partial charge in [0.1, 0.15) is 16.1 Å². The Bertz CT molecular complexity index is 904. The number of sulfonamides is 1. The summed E-state index contributed by atoms with van der Waals surface area (Å²) in [4.78, 5) is 4.29. The highest BCUT2D eigenvalue weighted by molar-refractivity contribution is 7.91. The van der Waals surface area contributed by atoms with Gasteiger partial charge in [-0.2, -0.15) is 4.72 Å². The molecular formula is C15H14ClN3O2S2. The third-order valence-electron chi connectivity index (χ3n) is 3.34. The van der Waals surface area contributed by atoms with Crippen molar-refractivity contribution in [2.75, 3.05) is 0 Å². The number of aromatic nitrogens is 2. The van der Waals surface area contributed by atoms with Gasteiger partial charge in [-0.1, -0.05) is 41.9 Å². The van der Waals surface area contributed by atoms with Crippen molar-refractivity contribution in [2.24, 2.45) is 7.05 Å². The molecule has 0 aliphatic rings. The van der Waals surface area contributed by atoms with Crippen LogP contribution in [-0.2, 0) is 17.1 Å². The fraction of sp³-hybridized carbons (Fsp3) is 0.133. The number of imidazole rings is 1. The molecule has 3 aromatic rings. The Balaban J connectivity index is 2.02. The number of rotatable bonds is 5. The molecule has 23 heavy (non-hydrogen) atoms. The van der Waals surface area contributed by atoms with Gasteiger partial charge in [0.2, 0.25) is 0 Å². The standard InChI is InChI=1S/C15H14ClN3O2S2/c1-19-10-9-17-15(19)14(11-5-3-2-4-6-11)18-23(20,21)13-8-7-12(16)22-13/h2-10,14,18H,1H3/t14-/m0/s1. The molecule has 1 aromatic carbocycles. The summed E-state index contributed by atoms with van der Waals surface area (Å²) < 4.78 is 30.4. The van der Waals surface area contributed by atoms with Crippen LogP contribution in [0.1, 0.15) is 17.4 Å². The maximum atomic E-state index is 12.6. The average molecular weight is 368 g/mol. The summed E-state index contributed by atoms with van der Waals surface area (Å²) >= 11 is 6.88. The predicted octanol–water partition coefficient (Wildman–Crippen LogP) is 3.20. The molecule has 0 radical (unpaired) electrons. The second-order valence-corrected chi connectivity index (χ2v) is 8.58. The molecule has 0 saturated carbocycles. The zero-order valence-electron chi connectivity index (χ0n) is 12.2. The third-order valence-corrected chi connectivity index (χ3v) is 6.48. The lowest BCUT2D eigenvalue weighted by molar-refractivity contribution is 0.565. The Morgan fingerprint density at radius 1 is 1.22 bits per heavy atom.